The Morgan fingerprint density at radius 1 is 1.12 bits per heavy atom. The van der Waals surface area contributed by atoms with Crippen molar-refractivity contribution < 1.29 is 27.5 Å². The van der Waals surface area contributed by atoms with Gasteiger partial charge in [0, 0.05) is 56.7 Å². The van der Waals surface area contributed by atoms with E-state index in [0.29, 0.717) is 22.3 Å². The van der Waals surface area contributed by atoms with E-state index in [4.69, 9.17) is 27.3 Å². The van der Waals surface area contributed by atoms with Crippen molar-refractivity contribution >= 4 is 55.9 Å². The predicted octanol–water partition coefficient (Wildman–Crippen LogP) is 5.84. The lowest BCUT2D eigenvalue weighted by Gasteiger charge is -2.21. The van der Waals surface area contributed by atoms with Gasteiger partial charge in [0.25, 0.3) is 5.91 Å². The van der Waals surface area contributed by atoms with Crippen molar-refractivity contribution in [2.75, 3.05) is 12.4 Å². The second-order valence-corrected chi connectivity index (χ2v) is 11.2. The zero-order chi connectivity index (χ0) is 29.9. The maximum absolute atomic E-state index is 14.4. The van der Waals surface area contributed by atoms with Crippen LogP contribution in [-0.2, 0) is 19.1 Å². The van der Waals surface area contributed by atoms with Gasteiger partial charge in [0.1, 0.15) is 15.7 Å². The average molecular weight is 600 g/mol. The standard InChI is InChI=1S/C28H24B2ClF4N3O2S/c1-2-41-21-6-7-23(36-13-21)24(14-39)37-26(40)17-4-8-25-18(9-17)11-20(38(25)15-27(29,30)32)10-16-3-5-19(31)12-22(16)28(33,34)35/h3-9,11-13,24,39H,2,10,14-15H2,1H3,(H,37,40). The van der Waals surface area contributed by atoms with Crippen molar-refractivity contribution in [3.63, 3.8) is 0 Å². The lowest BCUT2D eigenvalue weighted by atomic mass is 9.67. The smallest absolute Gasteiger partial charge is 0.394 e. The van der Waals surface area contributed by atoms with Gasteiger partial charge in [-0.1, -0.05) is 24.6 Å². The van der Waals surface area contributed by atoms with E-state index < -0.39 is 42.3 Å². The second-order valence-electron chi connectivity index (χ2n) is 9.46. The van der Waals surface area contributed by atoms with Gasteiger partial charge in [-0.3, -0.25) is 14.2 Å². The van der Waals surface area contributed by atoms with E-state index in [0.717, 1.165) is 16.7 Å². The summed E-state index contributed by atoms with van der Waals surface area (Å²) < 4.78 is 57.0. The number of hydrogen-bond donors (Lipinski definition) is 2. The van der Waals surface area contributed by atoms with Gasteiger partial charge < -0.3 is 15.0 Å². The van der Waals surface area contributed by atoms with Gasteiger partial charge in [-0.05, 0) is 59.8 Å². The molecular formula is C28H24B2ClF4N3O2S. The summed E-state index contributed by atoms with van der Waals surface area (Å²) in [4.78, 5) is 18.4. The van der Waals surface area contributed by atoms with Crippen LogP contribution in [0.4, 0.5) is 17.6 Å². The molecule has 0 spiro atoms. The quantitative estimate of drug-likeness (QED) is 0.137. The van der Waals surface area contributed by atoms with Gasteiger partial charge in [0.2, 0.25) is 0 Å². The van der Waals surface area contributed by atoms with Crippen LogP contribution in [0.15, 0.2) is 65.7 Å². The predicted molar refractivity (Wildman–Crippen MR) is 154 cm³/mol. The van der Waals surface area contributed by atoms with Crippen molar-refractivity contribution in [1.29, 1.82) is 0 Å². The molecule has 5 nitrogen and oxygen atoms in total. The Morgan fingerprint density at radius 2 is 1.88 bits per heavy atom. The molecule has 13 heteroatoms. The summed E-state index contributed by atoms with van der Waals surface area (Å²) in [5.74, 6) is 0.364. The molecule has 210 valence electrons. The minimum atomic E-state index is -4.67. The maximum Gasteiger partial charge on any atom is 0.416 e. The SMILES string of the molecule is [B]C([B])(F)Cn1c(Cc2ccc(Cl)cc2C(F)(F)F)cc2cc(C(=O)NC(CO)c3ccc(SCC)cn3)ccc21. The summed E-state index contributed by atoms with van der Waals surface area (Å²) in [6.45, 7) is 1.08. The third-order valence-corrected chi connectivity index (χ3v) is 7.41. The van der Waals surface area contributed by atoms with Crippen molar-refractivity contribution in [1.82, 2.24) is 14.9 Å². The Labute approximate surface area is 246 Å². The number of nitrogens with zero attached hydrogens (tertiary/aromatic N) is 2. The molecule has 41 heavy (non-hydrogen) atoms. The number of pyridine rings is 1. The van der Waals surface area contributed by atoms with E-state index in [9.17, 15) is 27.5 Å². The minimum absolute atomic E-state index is 0.0730. The van der Waals surface area contributed by atoms with Crippen LogP contribution in [0.5, 0.6) is 0 Å². The van der Waals surface area contributed by atoms with Crippen molar-refractivity contribution in [3.05, 3.63) is 93.9 Å². The number of amides is 1. The molecule has 2 aromatic carbocycles. The van der Waals surface area contributed by atoms with E-state index in [2.05, 4.69) is 10.3 Å². The van der Waals surface area contributed by atoms with Crippen LogP contribution in [0, 0.1) is 0 Å². The fraction of sp³-hybridized carbons (Fsp3) is 0.286. The number of hydrogen-bond acceptors (Lipinski definition) is 4. The Morgan fingerprint density at radius 3 is 2.49 bits per heavy atom. The fourth-order valence-corrected chi connectivity index (χ4v) is 5.31. The lowest BCUT2D eigenvalue weighted by molar-refractivity contribution is -0.138. The van der Waals surface area contributed by atoms with Gasteiger partial charge in [-0.2, -0.15) is 13.2 Å². The molecule has 2 N–H and O–H groups in total. The molecule has 1 atom stereocenters. The first kappa shape index (κ1) is 31.0. The van der Waals surface area contributed by atoms with Gasteiger partial charge in [0.05, 0.1) is 23.9 Å². The van der Waals surface area contributed by atoms with Crippen molar-refractivity contribution in [2.45, 2.75) is 42.5 Å². The highest BCUT2D eigenvalue weighted by Crippen LogP contribution is 2.36. The molecule has 4 rings (SSSR count). The molecule has 2 heterocycles. The number of carbonyl (C=O) groups excluding carboxylic acids is 1. The van der Waals surface area contributed by atoms with Crippen molar-refractivity contribution in [2.24, 2.45) is 0 Å². The van der Waals surface area contributed by atoms with Crippen LogP contribution >= 0.6 is 23.4 Å². The van der Waals surface area contributed by atoms with Crippen molar-refractivity contribution in [3.8, 4) is 0 Å². The minimum Gasteiger partial charge on any atom is -0.394 e. The zero-order valence-corrected chi connectivity index (χ0v) is 23.5. The molecule has 0 saturated heterocycles. The molecule has 0 aliphatic rings. The summed E-state index contributed by atoms with van der Waals surface area (Å²) in [6, 6.07) is 12.3. The summed E-state index contributed by atoms with van der Waals surface area (Å²) in [5, 5.41) is 13.0. The summed E-state index contributed by atoms with van der Waals surface area (Å²) in [6.07, 6.45) is -3.23. The lowest BCUT2D eigenvalue weighted by Crippen LogP contribution is -2.31. The van der Waals surface area contributed by atoms with E-state index >= 15 is 0 Å². The summed E-state index contributed by atoms with van der Waals surface area (Å²) >= 11 is 7.42. The van der Waals surface area contributed by atoms with E-state index in [1.807, 2.05) is 13.0 Å². The highest BCUT2D eigenvalue weighted by atomic mass is 35.5. The first-order valence-corrected chi connectivity index (χ1v) is 13.9. The van der Waals surface area contributed by atoms with E-state index in [1.165, 1.54) is 34.9 Å². The number of halogens is 5. The Hall–Kier alpha value is -2.95. The fourth-order valence-electron chi connectivity index (χ4n) is 4.51. The molecular weight excluding hydrogens is 575 g/mol. The largest absolute Gasteiger partial charge is 0.416 e. The molecule has 0 aliphatic carbocycles. The van der Waals surface area contributed by atoms with Crippen LogP contribution in [0.2, 0.25) is 5.02 Å². The third-order valence-electron chi connectivity index (χ3n) is 6.31. The monoisotopic (exact) mass is 599 g/mol. The van der Waals surface area contributed by atoms with Crippen LogP contribution in [0.3, 0.4) is 0 Å². The van der Waals surface area contributed by atoms with Crippen LogP contribution in [0.25, 0.3) is 10.9 Å². The molecule has 0 aliphatic heterocycles. The molecule has 2 aromatic heterocycles. The number of aliphatic hydroxyl groups is 1. The highest BCUT2D eigenvalue weighted by molar-refractivity contribution is 7.99. The van der Waals surface area contributed by atoms with E-state index in [1.54, 1.807) is 30.1 Å². The number of benzene rings is 2. The van der Waals surface area contributed by atoms with Gasteiger partial charge in [0.15, 0.2) is 0 Å². The number of rotatable bonds is 10. The molecule has 4 aromatic rings. The number of aliphatic hydroxyl groups excluding tert-OH is 1. The van der Waals surface area contributed by atoms with Gasteiger partial charge in [-0.15, -0.1) is 11.8 Å². The number of nitrogens with one attached hydrogen (secondary N) is 1. The number of fused-ring (bicyclic) bond motifs is 1. The normalized spacial score (nSPS) is 13.0. The van der Waals surface area contributed by atoms with Gasteiger partial charge >= 0.3 is 6.18 Å². The Bertz CT molecular complexity index is 1540. The average Bonchev–Trinajstić information content (AvgIpc) is 3.22. The zero-order valence-electron chi connectivity index (χ0n) is 21.9. The Kier molecular flexibility index (Phi) is 9.45. The number of carbonyl (C=O) groups is 1. The molecule has 0 fully saturated rings. The van der Waals surface area contributed by atoms with Crippen LogP contribution in [0.1, 0.15) is 45.8 Å². The Balaban J connectivity index is 1.67. The second kappa shape index (κ2) is 12.5. The topological polar surface area (TPSA) is 67.2 Å². The molecule has 0 saturated carbocycles. The summed E-state index contributed by atoms with van der Waals surface area (Å²) in [5.41, 5.74) is -2.25. The maximum atomic E-state index is 14.4. The molecule has 1 unspecified atom stereocenters. The first-order valence-electron chi connectivity index (χ1n) is 12.5. The van der Waals surface area contributed by atoms with Crippen LogP contribution < -0.4 is 5.32 Å². The van der Waals surface area contributed by atoms with E-state index in [-0.39, 0.29) is 22.6 Å². The first-order chi connectivity index (χ1) is 19.3. The summed E-state index contributed by atoms with van der Waals surface area (Å²) in [7, 11) is 10.9. The van der Waals surface area contributed by atoms with Gasteiger partial charge in [-0.25, -0.2) is 0 Å². The number of alkyl halides is 4. The number of thioether (sulfide) groups is 1. The van der Waals surface area contributed by atoms with Crippen LogP contribution in [-0.4, -0.2) is 54.1 Å². The third kappa shape index (κ3) is 7.67. The molecule has 4 radical (unpaired) electrons. The highest BCUT2D eigenvalue weighted by Gasteiger charge is 2.34. The molecule has 1 amide bonds. The molecule has 0 bridgehead atoms. The number of aromatic nitrogens is 2.